The molecule has 2 aromatic carbocycles. The molecule has 21 heavy (non-hydrogen) atoms. The van der Waals surface area contributed by atoms with Gasteiger partial charge < -0.3 is 4.74 Å². The Kier molecular flexibility index (Phi) is 4.15. The Balaban J connectivity index is 2.05. The first-order valence-electron chi connectivity index (χ1n) is 7.15. The molecule has 110 valence electrons. The summed E-state index contributed by atoms with van der Waals surface area (Å²) in [5.41, 5.74) is 3.82. The van der Waals surface area contributed by atoms with Crippen LogP contribution >= 0.6 is 31.9 Å². The Morgan fingerprint density at radius 2 is 1.86 bits per heavy atom. The Bertz CT molecular complexity index is 650. The molecule has 1 aliphatic rings. The van der Waals surface area contributed by atoms with Gasteiger partial charge in [0.05, 0.1) is 11.4 Å². The number of ether oxygens (including phenoxy) is 1. The predicted octanol–water partition coefficient (Wildman–Crippen LogP) is 5.80. The molecule has 1 atom stereocenters. The van der Waals surface area contributed by atoms with E-state index in [1.807, 2.05) is 0 Å². The number of hydrogen-bond donors (Lipinski definition) is 0. The summed E-state index contributed by atoms with van der Waals surface area (Å²) in [6.45, 7) is 5.32. The molecule has 0 saturated heterocycles. The van der Waals surface area contributed by atoms with Crippen LogP contribution in [0.5, 0.6) is 5.75 Å². The first-order chi connectivity index (χ1) is 10.00. The van der Waals surface area contributed by atoms with E-state index < -0.39 is 0 Å². The quantitative estimate of drug-likeness (QED) is 0.582. The van der Waals surface area contributed by atoms with E-state index in [9.17, 15) is 0 Å². The van der Waals surface area contributed by atoms with Crippen molar-refractivity contribution < 1.29 is 4.74 Å². The van der Waals surface area contributed by atoms with Crippen molar-refractivity contribution in [2.75, 3.05) is 6.61 Å². The van der Waals surface area contributed by atoms with E-state index in [0.29, 0.717) is 0 Å². The monoisotopic (exact) mass is 408 g/mol. The van der Waals surface area contributed by atoms with E-state index in [1.165, 1.54) is 16.7 Å². The molecule has 0 fully saturated rings. The fourth-order valence-electron chi connectivity index (χ4n) is 2.89. The molecule has 0 bridgehead atoms. The summed E-state index contributed by atoms with van der Waals surface area (Å²) < 4.78 is 7.01. The largest absolute Gasteiger partial charge is 0.493 e. The summed E-state index contributed by atoms with van der Waals surface area (Å²) in [6.07, 6.45) is 0.993. The lowest BCUT2D eigenvalue weighted by atomic mass is 9.78. The van der Waals surface area contributed by atoms with Gasteiger partial charge in [0.2, 0.25) is 0 Å². The van der Waals surface area contributed by atoms with Gasteiger partial charge in [-0.15, -0.1) is 0 Å². The van der Waals surface area contributed by atoms with Gasteiger partial charge in [0.1, 0.15) is 5.75 Å². The number of rotatable bonds is 3. The highest BCUT2D eigenvalue weighted by molar-refractivity contribution is 9.10. The molecule has 3 heteroatoms. The Morgan fingerprint density at radius 3 is 2.57 bits per heavy atom. The molecule has 0 aromatic heterocycles. The van der Waals surface area contributed by atoms with E-state index in [4.69, 9.17) is 4.74 Å². The van der Waals surface area contributed by atoms with Gasteiger partial charge in [-0.2, -0.15) is 0 Å². The molecule has 0 spiro atoms. The van der Waals surface area contributed by atoms with Gasteiger partial charge in [-0.3, -0.25) is 0 Å². The van der Waals surface area contributed by atoms with Crippen molar-refractivity contribution in [3.63, 3.8) is 0 Å². The van der Waals surface area contributed by atoms with Crippen LogP contribution in [-0.4, -0.2) is 6.61 Å². The molecule has 1 unspecified atom stereocenters. The third kappa shape index (κ3) is 2.78. The van der Waals surface area contributed by atoms with Gasteiger partial charge in [0.25, 0.3) is 0 Å². The molecule has 1 aliphatic heterocycles. The van der Waals surface area contributed by atoms with Crippen molar-refractivity contribution in [3.05, 3.63) is 63.6 Å². The first kappa shape index (κ1) is 15.1. The molecule has 0 radical (unpaired) electrons. The van der Waals surface area contributed by atoms with Crippen LogP contribution < -0.4 is 4.74 Å². The smallest absolute Gasteiger partial charge is 0.127 e. The zero-order valence-corrected chi connectivity index (χ0v) is 15.4. The SMILES string of the molecule is CC(C)(c1ccccc1)C(Br)c1cc(Br)cc2c1OCC2. The average Bonchev–Trinajstić information content (AvgIpc) is 2.94. The molecular weight excluding hydrogens is 392 g/mol. The molecule has 3 rings (SSSR count). The van der Waals surface area contributed by atoms with Crippen LogP contribution in [0.2, 0.25) is 0 Å². The van der Waals surface area contributed by atoms with Crippen molar-refractivity contribution in [2.24, 2.45) is 0 Å². The van der Waals surface area contributed by atoms with Crippen molar-refractivity contribution >= 4 is 31.9 Å². The lowest BCUT2D eigenvalue weighted by Gasteiger charge is -2.32. The van der Waals surface area contributed by atoms with Crippen molar-refractivity contribution in [3.8, 4) is 5.75 Å². The fourth-order valence-corrected chi connectivity index (χ4v) is 4.02. The topological polar surface area (TPSA) is 9.23 Å². The minimum Gasteiger partial charge on any atom is -0.493 e. The number of benzene rings is 2. The summed E-state index contributed by atoms with van der Waals surface area (Å²) in [6, 6.07) is 15.0. The Labute approximate surface area is 143 Å². The third-order valence-electron chi connectivity index (χ3n) is 4.20. The van der Waals surface area contributed by atoms with Crippen molar-refractivity contribution in [1.29, 1.82) is 0 Å². The normalized spacial score (nSPS) is 15.4. The highest BCUT2D eigenvalue weighted by atomic mass is 79.9. The summed E-state index contributed by atoms with van der Waals surface area (Å²) in [5.74, 6) is 1.06. The number of fused-ring (bicyclic) bond motifs is 1. The standard InChI is InChI=1S/C18H18Br2O/c1-18(2,13-6-4-3-5-7-13)17(20)15-11-14(19)10-12-8-9-21-16(12)15/h3-7,10-11,17H,8-9H2,1-2H3. The van der Waals surface area contributed by atoms with E-state index in [0.717, 1.165) is 23.2 Å². The molecular formula is C18H18Br2O. The van der Waals surface area contributed by atoms with E-state index >= 15 is 0 Å². The fraction of sp³-hybridized carbons (Fsp3) is 0.333. The lowest BCUT2D eigenvalue weighted by Crippen LogP contribution is -2.23. The summed E-state index contributed by atoms with van der Waals surface area (Å²) in [5, 5.41) is 0. The van der Waals surface area contributed by atoms with Crippen molar-refractivity contribution in [2.45, 2.75) is 30.5 Å². The molecule has 0 aliphatic carbocycles. The van der Waals surface area contributed by atoms with Gasteiger partial charge in [-0.25, -0.2) is 0 Å². The van der Waals surface area contributed by atoms with Crippen LogP contribution in [0.3, 0.4) is 0 Å². The number of hydrogen-bond acceptors (Lipinski definition) is 1. The minimum atomic E-state index is -0.0260. The second kappa shape index (κ2) is 5.77. The lowest BCUT2D eigenvalue weighted by molar-refractivity contribution is 0.350. The van der Waals surface area contributed by atoms with E-state index in [-0.39, 0.29) is 10.2 Å². The van der Waals surface area contributed by atoms with Crippen LogP contribution in [0.1, 0.15) is 35.4 Å². The van der Waals surface area contributed by atoms with Crippen LogP contribution in [-0.2, 0) is 11.8 Å². The third-order valence-corrected chi connectivity index (χ3v) is 6.30. The highest BCUT2D eigenvalue weighted by Gasteiger charge is 2.34. The maximum atomic E-state index is 5.89. The number of alkyl halides is 1. The average molecular weight is 410 g/mol. The summed E-state index contributed by atoms with van der Waals surface area (Å²) in [4.78, 5) is 0.191. The predicted molar refractivity (Wildman–Crippen MR) is 94.5 cm³/mol. The summed E-state index contributed by atoms with van der Waals surface area (Å²) >= 11 is 7.56. The van der Waals surface area contributed by atoms with Crippen LogP contribution in [0.15, 0.2) is 46.9 Å². The number of halogens is 2. The van der Waals surface area contributed by atoms with Gasteiger partial charge >= 0.3 is 0 Å². The van der Waals surface area contributed by atoms with Crippen LogP contribution in [0.4, 0.5) is 0 Å². The molecule has 1 nitrogen and oxygen atoms in total. The summed E-state index contributed by atoms with van der Waals surface area (Å²) in [7, 11) is 0. The molecule has 0 amide bonds. The van der Waals surface area contributed by atoms with Gasteiger partial charge in [0, 0.05) is 21.9 Å². The van der Waals surface area contributed by atoms with E-state index in [2.05, 4.69) is 88.2 Å². The second-order valence-corrected chi connectivity index (χ2v) is 7.86. The first-order valence-corrected chi connectivity index (χ1v) is 8.85. The Morgan fingerprint density at radius 1 is 1.14 bits per heavy atom. The molecule has 0 N–H and O–H groups in total. The maximum absolute atomic E-state index is 5.89. The van der Waals surface area contributed by atoms with Crippen molar-refractivity contribution in [1.82, 2.24) is 0 Å². The van der Waals surface area contributed by atoms with Gasteiger partial charge in [0.15, 0.2) is 0 Å². The molecule has 0 saturated carbocycles. The van der Waals surface area contributed by atoms with Crippen LogP contribution in [0, 0.1) is 0 Å². The Hall–Kier alpha value is -0.800. The highest BCUT2D eigenvalue weighted by Crippen LogP contribution is 2.48. The zero-order chi connectivity index (χ0) is 15.0. The molecule has 2 aromatic rings. The maximum Gasteiger partial charge on any atom is 0.127 e. The van der Waals surface area contributed by atoms with Gasteiger partial charge in [-0.05, 0) is 23.3 Å². The minimum absolute atomic E-state index is 0.0260. The zero-order valence-electron chi connectivity index (χ0n) is 12.2. The van der Waals surface area contributed by atoms with Crippen LogP contribution in [0.25, 0.3) is 0 Å². The van der Waals surface area contributed by atoms with Gasteiger partial charge in [-0.1, -0.05) is 76.0 Å². The second-order valence-electron chi connectivity index (χ2n) is 6.03. The van der Waals surface area contributed by atoms with E-state index in [1.54, 1.807) is 0 Å². The molecule has 1 heterocycles.